The molecule has 13 heavy (non-hydrogen) atoms. The van der Waals surface area contributed by atoms with Crippen molar-refractivity contribution < 1.29 is 14.3 Å². The van der Waals surface area contributed by atoms with Gasteiger partial charge in [0.15, 0.2) is 17.3 Å². The first-order chi connectivity index (χ1) is 6.06. The zero-order chi connectivity index (χ0) is 10.0. The Hall–Kier alpha value is -0.940. The third-order valence-electron chi connectivity index (χ3n) is 1.52. The van der Waals surface area contributed by atoms with Crippen LogP contribution < -0.4 is 5.73 Å². The standard InChI is InChI=1S/C8H7BrFNO2/c9-5-1-4(7(13)3-11)2-6(12)8(5)10/h1-2,12H,3,11H2. The van der Waals surface area contributed by atoms with Gasteiger partial charge in [-0.05, 0) is 28.1 Å². The molecule has 3 nitrogen and oxygen atoms in total. The predicted octanol–water partition coefficient (Wildman–Crippen LogP) is 1.44. The van der Waals surface area contributed by atoms with Crippen molar-refractivity contribution in [2.45, 2.75) is 0 Å². The Morgan fingerprint density at radius 3 is 2.69 bits per heavy atom. The second-order valence-corrected chi connectivity index (χ2v) is 3.27. The zero-order valence-corrected chi connectivity index (χ0v) is 8.14. The summed E-state index contributed by atoms with van der Waals surface area (Å²) in [6, 6.07) is 2.33. The van der Waals surface area contributed by atoms with Crippen LogP contribution in [0.5, 0.6) is 5.75 Å². The molecule has 0 unspecified atom stereocenters. The van der Waals surface area contributed by atoms with E-state index >= 15 is 0 Å². The maximum absolute atomic E-state index is 12.8. The number of rotatable bonds is 2. The molecule has 0 radical (unpaired) electrons. The number of halogens is 2. The Morgan fingerprint density at radius 2 is 2.23 bits per heavy atom. The predicted molar refractivity (Wildman–Crippen MR) is 49.1 cm³/mol. The van der Waals surface area contributed by atoms with Crippen LogP contribution in [0.2, 0.25) is 0 Å². The molecule has 0 fully saturated rings. The van der Waals surface area contributed by atoms with Crippen LogP contribution in [0.1, 0.15) is 10.4 Å². The number of phenols is 1. The molecule has 5 heteroatoms. The van der Waals surface area contributed by atoms with Crippen LogP contribution in [0.15, 0.2) is 16.6 Å². The molecule has 0 amide bonds. The second kappa shape index (κ2) is 3.85. The van der Waals surface area contributed by atoms with Gasteiger partial charge in [-0.15, -0.1) is 0 Å². The Balaban J connectivity index is 3.20. The highest BCUT2D eigenvalue weighted by molar-refractivity contribution is 9.10. The molecular weight excluding hydrogens is 241 g/mol. The number of ketones is 1. The van der Waals surface area contributed by atoms with Crippen LogP contribution in [-0.4, -0.2) is 17.4 Å². The van der Waals surface area contributed by atoms with Crippen molar-refractivity contribution in [1.82, 2.24) is 0 Å². The number of carbonyl (C=O) groups is 1. The summed E-state index contributed by atoms with van der Waals surface area (Å²) in [5.74, 6) is -1.70. The monoisotopic (exact) mass is 247 g/mol. The van der Waals surface area contributed by atoms with Gasteiger partial charge in [0, 0.05) is 5.56 Å². The third-order valence-corrected chi connectivity index (χ3v) is 2.09. The molecule has 0 spiro atoms. The minimum absolute atomic E-state index is 0.0456. The van der Waals surface area contributed by atoms with Crippen molar-refractivity contribution in [3.05, 3.63) is 28.0 Å². The van der Waals surface area contributed by atoms with Gasteiger partial charge in [-0.25, -0.2) is 4.39 Å². The summed E-state index contributed by atoms with van der Waals surface area (Å²) in [5.41, 5.74) is 5.29. The molecule has 70 valence electrons. The number of benzene rings is 1. The second-order valence-electron chi connectivity index (χ2n) is 2.42. The number of carbonyl (C=O) groups excluding carboxylic acids is 1. The van der Waals surface area contributed by atoms with Gasteiger partial charge in [-0.2, -0.15) is 0 Å². The van der Waals surface area contributed by atoms with Crippen molar-refractivity contribution in [3.8, 4) is 5.75 Å². The molecule has 0 heterocycles. The van der Waals surface area contributed by atoms with Crippen molar-refractivity contribution in [1.29, 1.82) is 0 Å². The molecule has 0 bridgehead atoms. The lowest BCUT2D eigenvalue weighted by molar-refractivity contribution is 0.100. The minimum Gasteiger partial charge on any atom is -0.505 e. The molecule has 0 aromatic heterocycles. The zero-order valence-electron chi connectivity index (χ0n) is 6.55. The summed E-state index contributed by atoms with van der Waals surface area (Å²) in [4.78, 5) is 11.0. The quantitative estimate of drug-likeness (QED) is 0.778. The summed E-state index contributed by atoms with van der Waals surface area (Å²) >= 11 is 2.87. The van der Waals surface area contributed by atoms with E-state index in [-0.39, 0.29) is 22.4 Å². The first-order valence-electron chi connectivity index (χ1n) is 3.47. The topological polar surface area (TPSA) is 63.3 Å². The van der Waals surface area contributed by atoms with Crippen LogP contribution in [0.3, 0.4) is 0 Å². The van der Waals surface area contributed by atoms with Crippen molar-refractivity contribution in [2.24, 2.45) is 5.73 Å². The van der Waals surface area contributed by atoms with Crippen molar-refractivity contribution in [3.63, 3.8) is 0 Å². The SMILES string of the molecule is NCC(=O)c1cc(O)c(F)c(Br)c1. The Kier molecular flexibility index (Phi) is 3.00. The van der Waals surface area contributed by atoms with Crippen LogP contribution in [-0.2, 0) is 0 Å². The lowest BCUT2D eigenvalue weighted by Gasteiger charge is -2.02. The van der Waals surface area contributed by atoms with Crippen molar-refractivity contribution in [2.75, 3.05) is 6.54 Å². The number of nitrogens with two attached hydrogens (primary N) is 1. The lowest BCUT2D eigenvalue weighted by atomic mass is 10.1. The maximum atomic E-state index is 12.8. The van der Waals surface area contributed by atoms with E-state index < -0.39 is 11.6 Å². The van der Waals surface area contributed by atoms with E-state index in [9.17, 15) is 9.18 Å². The van der Waals surface area contributed by atoms with E-state index in [4.69, 9.17) is 10.8 Å². The number of aromatic hydroxyl groups is 1. The van der Waals surface area contributed by atoms with Gasteiger partial charge in [0.1, 0.15) is 0 Å². The number of hydrogen-bond donors (Lipinski definition) is 2. The smallest absolute Gasteiger partial charge is 0.178 e. The molecule has 0 aliphatic rings. The Bertz CT molecular complexity index is 331. The average molecular weight is 248 g/mol. The highest BCUT2D eigenvalue weighted by atomic mass is 79.9. The molecule has 1 aromatic carbocycles. The van der Waals surface area contributed by atoms with Gasteiger partial charge in [-0.3, -0.25) is 4.79 Å². The Morgan fingerprint density at radius 1 is 1.62 bits per heavy atom. The summed E-state index contributed by atoms with van der Waals surface area (Å²) in [7, 11) is 0. The number of Topliss-reactive ketones (excluding diaryl/α,β-unsaturated/α-hetero) is 1. The van der Waals surface area contributed by atoms with Crippen LogP contribution in [0, 0.1) is 5.82 Å². The summed E-state index contributed by atoms with van der Waals surface area (Å²) in [5, 5.41) is 9.03. The first-order valence-corrected chi connectivity index (χ1v) is 4.27. The maximum Gasteiger partial charge on any atom is 0.178 e. The van der Waals surface area contributed by atoms with Crippen molar-refractivity contribution >= 4 is 21.7 Å². The molecule has 0 aliphatic heterocycles. The van der Waals surface area contributed by atoms with Gasteiger partial charge in [0.05, 0.1) is 11.0 Å². The highest BCUT2D eigenvalue weighted by Crippen LogP contribution is 2.25. The molecule has 1 rings (SSSR count). The van der Waals surface area contributed by atoms with Crippen LogP contribution >= 0.6 is 15.9 Å². The normalized spacial score (nSPS) is 10.1. The first kappa shape index (κ1) is 10.1. The minimum atomic E-state index is -0.784. The molecule has 3 N–H and O–H groups in total. The third kappa shape index (κ3) is 2.05. The van der Waals surface area contributed by atoms with Gasteiger partial charge in [0.2, 0.25) is 0 Å². The van der Waals surface area contributed by atoms with E-state index in [1.54, 1.807) is 0 Å². The van der Waals surface area contributed by atoms with E-state index in [0.717, 1.165) is 6.07 Å². The molecule has 0 saturated carbocycles. The molecular formula is C8H7BrFNO2. The fourth-order valence-electron chi connectivity index (χ4n) is 0.853. The molecule has 0 atom stereocenters. The molecule has 0 aliphatic carbocycles. The summed E-state index contributed by atoms with van der Waals surface area (Å²) in [6.45, 7) is -0.169. The van der Waals surface area contributed by atoms with Gasteiger partial charge >= 0.3 is 0 Å². The summed E-state index contributed by atoms with van der Waals surface area (Å²) in [6.07, 6.45) is 0. The largest absolute Gasteiger partial charge is 0.505 e. The number of hydrogen-bond acceptors (Lipinski definition) is 3. The van der Waals surface area contributed by atoms with E-state index in [0.29, 0.717) is 0 Å². The van der Waals surface area contributed by atoms with Crippen LogP contribution in [0.4, 0.5) is 4.39 Å². The van der Waals surface area contributed by atoms with Crippen LogP contribution in [0.25, 0.3) is 0 Å². The van der Waals surface area contributed by atoms with E-state index in [2.05, 4.69) is 15.9 Å². The lowest BCUT2D eigenvalue weighted by Crippen LogP contribution is -2.13. The highest BCUT2D eigenvalue weighted by Gasteiger charge is 2.11. The molecule has 0 saturated heterocycles. The van der Waals surface area contributed by atoms with Gasteiger partial charge in [0.25, 0.3) is 0 Å². The fourth-order valence-corrected chi connectivity index (χ4v) is 1.30. The van der Waals surface area contributed by atoms with Gasteiger partial charge in [-0.1, -0.05) is 0 Å². The fraction of sp³-hybridized carbons (Fsp3) is 0.125. The molecule has 1 aromatic rings. The summed E-state index contributed by atoms with van der Waals surface area (Å²) < 4.78 is 12.9. The van der Waals surface area contributed by atoms with Gasteiger partial charge < -0.3 is 10.8 Å². The van der Waals surface area contributed by atoms with E-state index in [1.165, 1.54) is 6.07 Å². The number of phenolic OH excluding ortho intramolecular Hbond substituents is 1. The van der Waals surface area contributed by atoms with E-state index in [1.807, 2.05) is 0 Å². The Labute approximate surface area is 82.5 Å². The average Bonchev–Trinajstić information content (AvgIpc) is 2.12.